The minimum Gasteiger partial charge on any atom is -0.378 e. The molecule has 2 aliphatic rings. The Kier molecular flexibility index (Phi) is 7.64. The molecule has 0 unspecified atom stereocenters. The molecule has 2 aromatic rings. The van der Waals surface area contributed by atoms with Crippen molar-refractivity contribution in [1.29, 1.82) is 0 Å². The van der Waals surface area contributed by atoms with E-state index >= 15 is 0 Å². The highest BCUT2D eigenvalue weighted by Crippen LogP contribution is 2.25. The zero-order valence-electron chi connectivity index (χ0n) is 18.8. The number of likely N-dealkylation sites (tertiary alicyclic amines) is 1. The van der Waals surface area contributed by atoms with E-state index in [1.165, 1.54) is 37.0 Å². The van der Waals surface area contributed by atoms with Gasteiger partial charge in [-0.25, -0.2) is 13.6 Å². The Labute approximate surface area is 195 Å². The van der Waals surface area contributed by atoms with Crippen molar-refractivity contribution in [2.45, 2.75) is 37.2 Å². The zero-order valence-corrected chi connectivity index (χ0v) is 19.6. The lowest BCUT2D eigenvalue weighted by molar-refractivity contribution is 0.0949. The van der Waals surface area contributed by atoms with Crippen molar-refractivity contribution < 1.29 is 17.9 Å². The van der Waals surface area contributed by atoms with E-state index in [0.717, 1.165) is 25.2 Å². The minimum atomic E-state index is -3.93. The number of anilines is 1. The molecule has 2 aliphatic heterocycles. The molecule has 3 N–H and O–H groups in total. The Morgan fingerprint density at radius 2 is 1.67 bits per heavy atom. The number of amides is 1. The molecular formula is C24H32N4O4S. The summed E-state index contributed by atoms with van der Waals surface area (Å²) in [5.41, 5.74) is 3.25. The fourth-order valence-corrected chi connectivity index (χ4v) is 5.01. The van der Waals surface area contributed by atoms with Crippen molar-refractivity contribution in [3.05, 3.63) is 59.2 Å². The molecule has 8 nitrogen and oxygen atoms in total. The first-order valence-corrected chi connectivity index (χ1v) is 13.0. The smallest absolute Gasteiger partial charge is 0.253 e. The number of carbonyl (C=O) groups is 1. The van der Waals surface area contributed by atoms with Crippen molar-refractivity contribution >= 4 is 21.6 Å². The average molecular weight is 473 g/mol. The number of piperidine rings is 1. The molecule has 0 saturated carbocycles. The summed E-state index contributed by atoms with van der Waals surface area (Å²) in [5, 5.41) is 8.33. The van der Waals surface area contributed by atoms with E-state index in [9.17, 15) is 13.2 Å². The van der Waals surface area contributed by atoms with Gasteiger partial charge >= 0.3 is 0 Å². The highest BCUT2D eigenvalue weighted by molar-refractivity contribution is 7.89. The van der Waals surface area contributed by atoms with Crippen molar-refractivity contribution in [2.75, 3.05) is 44.3 Å². The highest BCUT2D eigenvalue weighted by atomic mass is 32.2. The molecule has 0 bridgehead atoms. The van der Waals surface area contributed by atoms with Gasteiger partial charge in [-0.2, -0.15) is 0 Å². The molecule has 2 fully saturated rings. The number of hydrogen-bond acceptors (Lipinski definition) is 6. The number of hydrogen-bond donors (Lipinski definition) is 2. The van der Waals surface area contributed by atoms with Crippen LogP contribution in [0.3, 0.4) is 0 Å². The van der Waals surface area contributed by atoms with Crippen LogP contribution in [0.2, 0.25) is 0 Å². The lowest BCUT2D eigenvalue weighted by atomic mass is 10.0. The van der Waals surface area contributed by atoms with Gasteiger partial charge in [0.05, 0.1) is 23.7 Å². The topological polar surface area (TPSA) is 105 Å². The number of nitrogens with zero attached hydrogens (tertiary/aromatic N) is 2. The Bertz CT molecular complexity index is 1080. The molecule has 2 aromatic carbocycles. The lowest BCUT2D eigenvalue weighted by Crippen LogP contribution is -2.38. The summed E-state index contributed by atoms with van der Waals surface area (Å²) < 4.78 is 29.3. The van der Waals surface area contributed by atoms with Gasteiger partial charge in [-0.3, -0.25) is 9.69 Å². The number of ether oxygens (including phenoxy) is 1. The molecule has 0 atom stereocenters. The van der Waals surface area contributed by atoms with Crippen LogP contribution >= 0.6 is 0 Å². The van der Waals surface area contributed by atoms with Crippen LogP contribution in [-0.4, -0.2) is 58.6 Å². The van der Waals surface area contributed by atoms with Gasteiger partial charge in [0.25, 0.3) is 5.91 Å². The van der Waals surface area contributed by atoms with Crippen LogP contribution in [0.25, 0.3) is 0 Å². The van der Waals surface area contributed by atoms with Crippen LogP contribution in [-0.2, 0) is 27.8 Å². The fraction of sp³-hybridized carbons (Fsp3) is 0.458. The van der Waals surface area contributed by atoms with Gasteiger partial charge < -0.3 is 15.0 Å². The Morgan fingerprint density at radius 1 is 0.970 bits per heavy atom. The molecule has 9 heteroatoms. The van der Waals surface area contributed by atoms with Gasteiger partial charge in [-0.05, 0) is 55.3 Å². The first-order chi connectivity index (χ1) is 15.9. The summed E-state index contributed by atoms with van der Waals surface area (Å²) in [4.78, 5) is 17.7. The van der Waals surface area contributed by atoms with E-state index in [2.05, 4.69) is 16.3 Å². The minimum absolute atomic E-state index is 0.0739. The molecule has 2 heterocycles. The third-order valence-electron chi connectivity index (χ3n) is 6.29. The van der Waals surface area contributed by atoms with Gasteiger partial charge in [0, 0.05) is 31.9 Å². The van der Waals surface area contributed by atoms with E-state index in [1.807, 2.05) is 23.1 Å². The SMILES string of the molecule is NS(=O)(=O)c1ccc(N2CCOCC2)c(C(=O)NCc2ccccc2CN2CCCCC2)c1. The number of sulfonamides is 1. The molecule has 1 amide bonds. The van der Waals surface area contributed by atoms with Gasteiger partial charge in [0.15, 0.2) is 0 Å². The largest absolute Gasteiger partial charge is 0.378 e. The molecular weight excluding hydrogens is 440 g/mol. The van der Waals surface area contributed by atoms with Gasteiger partial charge in [0.1, 0.15) is 0 Å². The number of carbonyl (C=O) groups excluding carboxylic acids is 1. The standard InChI is InChI=1S/C24H32N4O4S/c25-33(30,31)21-8-9-23(28-12-14-32-15-13-28)22(16-21)24(29)26-17-19-6-2-3-7-20(19)18-27-10-4-1-5-11-27/h2-3,6-9,16H,1,4-5,10-15,17-18H2,(H,26,29)(H2,25,30,31). The lowest BCUT2D eigenvalue weighted by Gasteiger charge is -2.30. The van der Waals surface area contributed by atoms with Gasteiger partial charge in [-0.15, -0.1) is 0 Å². The Hall–Kier alpha value is -2.46. The van der Waals surface area contributed by atoms with Gasteiger partial charge in [0.2, 0.25) is 10.0 Å². The number of nitrogens with two attached hydrogens (primary N) is 1. The van der Waals surface area contributed by atoms with Crippen molar-refractivity contribution in [3.63, 3.8) is 0 Å². The molecule has 178 valence electrons. The Balaban J connectivity index is 1.53. The highest BCUT2D eigenvalue weighted by Gasteiger charge is 2.22. The van der Waals surface area contributed by atoms with Crippen LogP contribution in [0.1, 0.15) is 40.7 Å². The second kappa shape index (κ2) is 10.6. The predicted octanol–water partition coefficient (Wildman–Crippen LogP) is 2.09. The number of nitrogens with one attached hydrogen (secondary N) is 1. The fourth-order valence-electron chi connectivity index (χ4n) is 4.47. The third-order valence-corrected chi connectivity index (χ3v) is 7.20. The van der Waals surface area contributed by atoms with Crippen molar-refractivity contribution in [1.82, 2.24) is 10.2 Å². The van der Waals surface area contributed by atoms with Crippen LogP contribution in [0.5, 0.6) is 0 Å². The van der Waals surface area contributed by atoms with Crippen LogP contribution < -0.4 is 15.4 Å². The number of primary sulfonamides is 1. The van der Waals surface area contributed by atoms with E-state index in [0.29, 0.717) is 44.1 Å². The molecule has 2 saturated heterocycles. The van der Waals surface area contributed by atoms with Crippen molar-refractivity contribution in [3.8, 4) is 0 Å². The van der Waals surface area contributed by atoms with E-state index in [-0.39, 0.29) is 10.8 Å². The monoisotopic (exact) mass is 472 g/mol. The summed E-state index contributed by atoms with van der Waals surface area (Å²) in [5.74, 6) is -0.324. The van der Waals surface area contributed by atoms with Crippen LogP contribution in [0.15, 0.2) is 47.4 Å². The molecule has 33 heavy (non-hydrogen) atoms. The van der Waals surface area contributed by atoms with Crippen LogP contribution in [0, 0.1) is 0 Å². The molecule has 0 spiro atoms. The summed E-state index contributed by atoms with van der Waals surface area (Å²) in [6, 6.07) is 12.6. The third kappa shape index (κ3) is 6.11. The second-order valence-electron chi connectivity index (χ2n) is 8.61. The average Bonchev–Trinajstić information content (AvgIpc) is 2.83. The quantitative estimate of drug-likeness (QED) is 0.639. The van der Waals surface area contributed by atoms with Gasteiger partial charge in [-0.1, -0.05) is 30.7 Å². The first-order valence-electron chi connectivity index (χ1n) is 11.5. The summed E-state index contributed by atoms with van der Waals surface area (Å²) in [7, 11) is -3.93. The number of benzene rings is 2. The van der Waals surface area contributed by atoms with Crippen LogP contribution in [0.4, 0.5) is 5.69 Å². The van der Waals surface area contributed by atoms with E-state index in [4.69, 9.17) is 9.88 Å². The summed E-state index contributed by atoms with van der Waals surface area (Å²) in [6.45, 7) is 5.82. The van der Waals surface area contributed by atoms with E-state index in [1.54, 1.807) is 6.07 Å². The molecule has 0 aromatic heterocycles. The van der Waals surface area contributed by atoms with E-state index < -0.39 is 10.0 Å². The maximum Gasteiger partial charge on any atom is 0.253 e. The second-order valence-corrected chi connectivity index (χ2v) is 10.2. The predicted molar refractivity (Wildman–Crippen MR) is 128 cm³/mol. The first kappa shape index (κ1) is 23.7. The summed E-state index contributed by atoms with van der Waals surface area (Å²) in [6.07, 6.45) is 3.74. The summed E-state index contributed by atoms with van der Waals surface area (Å²) >= 11 is 0. The van der Waals surface area contributed by atoms with Crippen molar-refractivity contribution in [2.24, 2.45) is 5.14 Å². The maximum atomic E-state index is 13.2. The maximum absolute atomic E-state index is 13.2. The Morgan fingerprint density at radius 3 is 2.36 bits per heavy atom. The molecule has 4 rings (SSSR count). The normalized spacial score (nSPS) is 17.7. The molecule has 0 aliphatic carbocycles. The number of morpholine rings is 1. The molecule has 0 radical (unpaired) electrons. The number of rotatable bonds is 7. The zero-order chi connectivity index (χ0) is 23.3.